The van der Waals surface area contributed by atoms with Crippen LogP contribution in [-0.4, -0.2) is 25.7 Å². The highest BCUT2D eigenvalue weighted by Gasteiger charge is 2.16. The van der Waals surface area contributed by atoms with E-state index in [1.54, 1.807) is 24.3 Å². The van der Waals surface area contributed by atoms with Gasteiger partial charge in [-0.1, -0.05) is 11.6 Å². The molecule has 0 atom stereocenters. The van der Waals surface area contributed by atoms with Gasteiger partial charge in [0.2, 0.25) is 5.91 Å². The van der Waals surface area contributed by atoms with Crippen LogP contribution in [0.1, 0.15) is 0 Å². The number of hydrogen-bond donors (Lipinski definition) is 2. The molecule has 0 unspecified atom stereocenters. The molecule has 1 amide bonds. The van der Waals surface area contributed by atoms with Crippen LogP contribution in [0, 0.1) is 5.82 Å². The van der Waals surface area contributed by atoms with Crippen molar-refractivity contribution in [2.24, 2.45) is 0 Å². The van der Waals surface area contributed by atoms with E-state index in [-0.39, 0.29) is 18.3 Å². The van der Waals surface area contributed by atoms with Gasteiger partial charge in [-0.05, 0) is 24.3 Å². The first-order chi connectivity index (χ1) is 11.1. The molecule has 1 aliphatic heterocycles. The number of amides is 1. The van der Waals surface area contributed by atoms with E-state index in [0.29, 0.717) is 41.1 Å². The fourth-order valence-electron chi connectivity index (χ4n) is 2.10. The Kier molecular flexibility index (Phi) is 4.52. The average molecular weight is 337 g/mol. The van der Waals surface area contributed by atoms with Gasteiger partial charge in [-0.3, -0.25) is 4.79 Å². The number of carbonyl (C=O) groups excluding carboxylic acids is 1. The number of carbonyl (C=O) groups is 1. The lowest BCUT2D eigenvalue weighted by molar-refractivity contribution is -0.114. The van der Waals surface area contributed by atoms with Crippen LogP contribution in [0.25, 0.3) is 0 Å². The van der Waals surface area contributed by atoms with Gasteiger partial charge < -0.3 is 20.1 Å². The van der Waals surface area contributed by atoms with Crippen molar-refractivity contribution in [2.75, 3.05) is 30.4 Å². The monoisotopic (exact) mass is 336 g/mol. The van der Waals surface area contributed by atoms with Crippen LogP contribution in [-0.2, 0) is 4.79 Å². The number of anilines is 2. The lowest BCUT2D eigenvalue weighted by Crippen LogP contribution is -2.22. The van der Waals surface area contributed by atoms with E-state index < -0.39 is 0 Å². The molecule has 2 N–H and O–H groups in total. The summed E-state index contributed by atoms with van der Waals surface area (Å²) in [7, 11) is 0. The van der Waals surface area contributed by atoms with Crippen LogP contribution < -0.4 is 20.1 Å². The third-order valence-corrected chi connectivity index (χ3v) is 3.52. The standard InChI is InChI=1S/C16H14ClFN2O3/c17-12-7-14-15(23-6-5-22-14)8-13(12)20-16(21)9-19-11-3-1-10(18)2-4-11/h1-4,7-8,19H,5-6,9H2,(H,20,21). The van der Waals surface area contributed by atoms with E-state index in [9.17, 15) is 9.18 Å². The summed E-state index contributed by atoms with van der Waals surface area (Å²) in [5.74, 6) is 0.488. The van der Waals surface area contributed by atoms with Crippen molar-refractivity contribution in [3.63, 3.8) is 0 Å². The van der Waals surface area contributed by atoms with Gasteiger partial charge in [0.15, 0.2) is 11.5 Å². The van der Waals surface area contributed by atoms with Gasteiger partial charge in [0, 0.05) is 17.8 Å². The van der Waals surface area contributed by atoms with Crippen LogP contribution in [0.2, 0.25) is 5.02 Å². The van der Waals surface area contributed by atoms with Crippen molar-refractivity contribution in [3.8, 4) is 11.5 Å². The smallest absolute Gasteiger partial charge is 0.243 e. The van der Waals surface area contributed by atoms with E-state index in [0.717, 1.165) is 0 Å². The van der Waals surface area contributed by atoms with Crippen molar-refractivity contribution in [1.29, 1.82) is 0 Å². The van der Waals surface area contributed by atoms with Gasteiger partial charge in [-0.25, -0.2) is 4.39 Å². The number of ether oxygens (including phenoxy) is 2. The summed E-state index contributed by atoms with van der Waals surface area (Å²) in [5, 5.41) is 5.96. The number of rotatable bonds is 4. The second kappa shape index (κ2) is 6.75. The summed E-state index contributed by atoms with van der Waals surface area (Å²) in [6.45, 7) is 0.946. The van der Waals surface area contributed by atoms with E-state index in [4.69, 9.17) is 21.1 Å². The van der Waals surface area contributed by atoms with Crippen molar-refractivity contribution >= 4 is 28.9 Å². The Hall–Kier alpha value is -2.47. The molecule has 0 bridgehead atoms. The van der Waals surface area contributed by atoms with Crippen molar-refractivity contribution in [1.82, 2.24) is 0 Å². The number of benzene rings is 2. The first-order valence-electron chi connectivity index (χ1n) is 7.00. The Labute approximate surface area is 137 Å². The molecule has 0 fully saturated rings. The highest BCUT2D eigenvalue weighted by Crippen LogP contribution is 2.37. The third kappa shape index (κ3) is 3.84. The SMILES string of the molecule is O=C(CNc1ccc(F)cc1)Nc1cc2c(cc1Cl)OCCO2. The quantitative estimate of drug-likeness (QED) is 0.899. The second-order valence-corrected chi connectivity index (χ2v) is 5.29. The molecule has 3 rings (SSSR count). The molecule has 0 aliphatic carbocycles. The zero-order chi connectivity index (χ0) is 16.2. The van der Waals surface area contributed by atoms with Gasteiger partial charge in [0.05, 0.1) is 17.3 Å². The number of hydrogen-bond acceptors (Lipinski definition) is 4. The van der Waals surface area contributed by atoms with Crippen molar-refractivity contribution in [2.45, 2.75) is 0 Å². The minimum Gasteiger partial charge on any atom is -0.486 e. The molecule has 1 heterocycles. The summed E-state index contributed by atoms with van der Waals surface area (Å²) in [4.78, 5) is 12.0. The van der Waals surface area contributed by atoms with Gasteiger partial charge >= 0.3 is 0 Å². The molecule has 2 aromatic rings. The maximum absolute atomic E-state index is 12.8. The third-order valence-electron chi connectivity index (χ3n) is 3.20. The molecule has 23 heavy (non-hydrogen) atoms. The number of halogens is 2. The van der Waals surface area contributed by atoms with Crippen molar-refractivity contribution in [3.05, 3.63) is 47.2 Å². The minimum atomic E-state index is -0.330. The lowest BCUT2D eigenvalue weighted by Gasteiger charge is -2.20. The van der Waals surface area contributed by atoms with Crippen LogP contribution >= 0.6 is 11.6 Å². The molecule has 0 spiro atoms. The topological polar surface area (TPSA) is 59.6 Å². The molecule has 0 saturated heterocycles. The Morgan fingerprint density at radius 1 is 1.13 bits per heavy atom. The summed E-state index contributed by atoms with van der Waals surface area (Å²) in [5.41, 5.74) is 1.09. The molecule has 7 heteroatoms. The molecule has 5 nitrogen and oxygen atoms in total. The summed E-state index contributed by atoms with van der Waals surface area (Å²) >= 11 is 6.13. The predicted molar refractivity (Wildman–Crippen MR) is 86.0 cm³/mol. The highest BCUT2D eigenvalue weighted by atomic mass is 35.5. The van der Waals surface area contributed by atoms with E-state index in [1.807, 2.05) is 0 Å². The van der Waals surface area contributed by atoms with Crippen molar-refractivity contribution < 1.29 is 18.7 Å². The molecular formula is C16H14ClFN2O3. The summed E-state index contributed by atoms with van der Waals surface area (Å²) in [6.07, 6.45) is 0. The Morgan fingerprint density at radius 3 is 2.48 bits per heavy atom. The highest BCUT2D eigenvalue weighted by molar-refractivity contribution is 6.34. The van der Waals surface area contributed by atoms with Gasteiger partial charge in [-0.2, -0.15) is 0 Å². The Morgan fingerprint density at radius 2 is 1.78 bits per heavy atom. The largest absolute Gasteiger partial charge is 0.486 e. The fraction of sp³-hybridized carbons (Fsp3) is 0.188. The van der Waals surface area contributed by atoms with Gasteiger partial charge in [0.25, 0.3) is 0 Å². The fourth-order valence-corrected chi connectivity index (χ4v) is 2.31. The number of nitrogens with one attached hydrogen (secondary N) is 2. The maximum Gasteiger partial charge on any atom is 0.243 e. The van der Waals surface area contributed by atoms with Crippen LogP contribution in [0.5, 0.6) is 11.5 Å². The molecule has 0 aromatic heterocycles. The molecule has 0 saturated carbocycles. The average Bonchev–Trinajstić information content (AvgIpc) is 2.55. The molecule has 1 aliphatic rings. The van der Waals surface area contributed by atoms with E-state index in [2.05, 4.69) is 10.6 Å². The van der Waals surface area contributed by atoms with Crippen LogP contribution in [0.15, 0.2) is 36.4 Å². The lowest BCUT2D eigenvalue weighted by atomic mass is 10.2. The van der Waals surface area contributed by atoms with E-state index >= 15 is 0 Å². The van der Waals surface area contributed by atoms with Gasteiger partial charge in [0.1, 0.15) is 19.0 Å². The first kappa shape index (κ1) is 15.4. The second-order valence-electron chi connectivity index (χ2n) is 4.88. The van der Waals surface area contributed by atoms with E-state index in [1.165, 1.54) is 12.1 Å². The van der Waals surface area contributed by atoms with Crippen LogP contribution in [0.4, 0.5) is 15.8 Å². The maximum atomic E-state index is 12.8. The zero-order valence-electron chi connectivity index (χ0n) is 12.1. The Balaban J connectivity index is 1.62. The Bertz CT molecular complexity index is 722. The summed E-state index contributed by atoms with van der Waals surface area (Å²) < 4.78 is 23.7. The number of fused-ring (bicyclic) bond motifs is 1. The predicted octanol–water partition coefficient (Wildman–Crippen LogP) is 3.30. The molecule has 120 valence electrons. The zero-order valence-corrected chi connectivity index (χ0v) is 12.8. The summed E-state index contributed by atoms with van der Waals surface area (Å²) in [6, 6.07) is 8.99. The van der Waals surface area contributed by atoms with Gasteiger partial charge in [-0.15, -0.1) is 0 Å². The molecule has 2 aromatic carbocycles. The first-order valence-corrected chi connectivity index (χ1v) is 7.38. The molecule has 0 radical (unpaired) electrons. The molecular weight excluding hydrogens is 323 g/mol. The normalized spacial score (nSPS) is 12.6. The van der Waals surface area contributed by atoms with Crippen LogP contribution in [0.3, 0.4) is 0 Å². The minimum absolute atomic E-state index is 0.0242.